The number of aliphatic carboxylic acids is 1. The van der Waals surface area contributed by atoms with Crippen LogP contribution in [-0.4, -0.2) is 75.5 Å². The monoisotopic (exact) mass is 297 g/mol. The summed E-state index contributed by atoms with van der Waals surface area (Å²) in [5.74, 6) is -1.12. The second kappa shape index (κ2) is 4.89. The Balaban J connectivity index is 2.28. The number of likely N-dealkylation sites (N-methyl/N-ethyl adjacent to an activating group) is 1. The van der Waals surface area contributed by atoms with E-state index in [1.54, 1.807) is 32.7 Å². The van der Waals surface area contributed by atoms with Gasteiger partial charge in [-0.2, -0.15) is 0 Å². The Morgan fingerprint density at radius 1 is 1.10 bits per heavy atom. The van der Waals surface area contributed by atoms with E-state index in [9.17, 15) is 19.5 Å². The average Bonchev–Trinajstić information content (AvgIpc) is 2.79. The first-order valence-electron chi connectivity index (χ1n) is 7.20. The van der Waals surface area contributed by atoms with E-state index in [4.69, 9.17) is 0 Å². The molecular formula is C14H23N3O4. The summed E-state index contributed by atoms with van der Waals surface area (Å²) in [6.07, 6.45) is 1.10. The summed E-state index contributed by atoms with van der Waals surface area (Å²) < 4.78 is 0. The van der Waals surface area contributed by atoms with Gasteiger partial charge in [-0.05, 0) is 33.6 Å². The van der Waals surface area contributed by atoms with Gasteiger partial charge in [-0.25, -0.2) is 9.59 Å². The van der Waals surface area contributed by atoms with E-state index in [1.807, 2.05) is 0 Å². The summed E-state index contributed by atoms with van der Waals surface area (Å²) in [7, 11) is 1.71. The first kappa shape index (κ1) is 15.6. The largest absolute Gasteiger partial charge is 0.480 e. The highest BCUT2D eigenvalue weighted by molar-refractivity contribution is 5.93. The van der Waals surface area contributed by atoms with Crippen molar-refractivity contribution in [3.8, 4) is 0 Å². The first-order valence-corrected chi connectivity index (χ1v) is 7.20. The molecule has 0 aliphatic carbocycles. The van der Waals surface area contributed by atoms with Gasteiger partial charge in [-0.15, -0.1) is 0 Å². The number of rotatable bonds is 1. The Bertz CT molecular complexity index is 491. The number of hydrogen-bond acceptors (Lipinski definition) is 3. The number of nitrogens with zero attached hydrogens (tertiary/aromatic N) is 3. The molecule has 0 saturated carbocycles. The quantitative estimate of drug-likeness (QED) is 0.768. The molecule has 1 N–H and O–H groups in total. The van der Waals surface area contributed by atoms with Crippen molar-refractivity contribution in [1.82, 2.24) is 14.7 Å². The lowest BCUT2D eigenvalue weighted by Gasteiger charge is -2.47. The van der Waals surface area contributed by atoms with Crippen LogP contribution >= 0.6 is 0 Å². The van der Waals surface area contributed by atoms with Gasteiger partial charge in [-0.1, -0.05) is 0 Å². The number of amides is 3. The minimum atomic E-state index is -1.18. The van der Waals surface area contributed by atoms with Gasteiger partial charge < -0.3 is 19.8 Å². The van der Waals surface area contributed by atoms with Gasteiger partial charge in [0, 0.05) is 26.7 Å². The fourth-order valence-corrected chi connectivity index (χ4v) is 3.19. The predicted octanol–water partition coefficient (Wildman–Crippen LogP) is 0.598. The summed E-state index contributed by atoms with van der Waals surface area (Å²) in [5.41, 5.74) is -2.13. The van der Waals surface area contributed by atoms with Crippen molar-refractivity contribution in [1.29, 1.82) is 0 Å². The Kier molecular flexibility index (Phi) is 3.63. The third kappa shape index (κ3) is 2.24. The number of urea groups is 1. The first-order chi connectivity index (χ1) is 9.62. The van der Waals surface area contributed by atoms with Crippen LogP contribution in [0.5, 0.6) is 0 Å². The van der Waals surface area contributed by atoms with E-state index >= 15 is 0 Å². The molecule has 2 rings (SSSR count). The maximum absolute atomic E-state index is 12.8. The molecule has 0 bridgehead atoms. The van der Waals surface area contributed by atoms with Crippen LogP contribution in [0.1, 0.15) is 33.6 Å². The molecule has 21 heavy (non-hydrogen) atoms. The molecule has 7 nitrogen and oxygen atoms in total. The molecule has 118 valence electrons. The molecule has 2 aliphatic rings. The fraction of sp³-hybridized carbons (Fsp3) is 0.786. The number of carbonyl (C=O) groups is 3. The Morgan fingerprint density at radius 2 is 1.71 bits per heavy atom. The lowest BCUT2D eigenvalue weighted by atomic mass is 9.97. The van der Waals surface area contributed by atoms with Gasteiger partial charge in [0.2, 0.25) is 5.91 Å². The Hall–Kier alpha value is -1.79. The zero-order valence-corrected chi connectivity index (χ0v) is 13.0. The van der Waals surface area contributed by atoms with Crippen LogP contribution in [-0.2, 0) is 9.59 Å². The number of likely N-dealkylation sites (tertiary alicyclic amines) is 1. The SMILES string of the molecule is CN1CCN(C(=O)N2CCCC2(C)C(=O)O)C(C)(C)C1=O. The van der Waals surface area contributed by atoms with Crippen LogP contribution in [0.2, 0.25) is 0 Å². The standard InChI is InChI=1S/C14H23N3O4/c1-13(2)10(18)15(4)8-9-16(13)12(21)17-7-5-6-14(17,3)11(19)20/h5-9H2,1-4H3,(H,19,20). The molecule has 1 atom stereocenters. The topological polar surface area (TPSA) is 81.2 Å². The molecular weight excluding hydrogens is 274 g/mol. The summed E-state index contributed by atoms with van der Waals surface area (Å²) >= 11 is 0. The van der Waals surface area contributed by atoms with Gasteiger partial charge in [0.05, 0.1) is 0 Å². The van der Waals surface area contributed by atoms with Crippen LogP contribution in [0.25, 0.3) is 0 Å². The highest BCUT2D eigenvalue weighted by atomic mass is 16.4. The molecule has 1 unspecified atom stereocenters. The van der Waals surface area contributed by atoms with E-state index < -0.39 is 17.0 Å². The van der Waals surface area contributed by atoms with Crippen LogP contribution < -0.4 is 0 Å². The van der Waals surface area contributed by atoms with Gasteiger partial charge in [-0.3, -0.25) is 4.79 Å². The third-order valence-electron chi connectivity index (χ3n) is 4.77. The van der Waals surface area contributed by atoms with Crippen molar-refractivity contribution >= 4 is 17.9 Å². The van der Waals surface area contributed by atoms with Crippen LogP contribution in [0, 0.1) is 0 Å². The van der Waals surface area contributed by atoms with Gasteiger partial charge in [0.15, 0.2) is 0 Å². The van der Waals surface area contributed by atoms with Gasteiger partial charge in [0.1, 0.15) is 11.1 Å². The van der Waals surface area contributed by atoms with Crippen molar-refractivity contribution in [2.24, 2.45) is 0 Å². The third-order valence-corrected chi connectivity index (χ3v) is 4.77. The zero-order chi connectivity index (χ0) is 16.0. The Labute approximate surface area is 124 Å². The van der Waals surface area contributed by atoms with Crippen LogP contribution in [0.15, 0.2) is 0 Å². The van der Waals surface area contributed by atoms with Gasteiger partial charge in [0.25, 0.3) is 0 Å². The lowest BCUT2D eigenvalue weighted by molar-refractivity contribution is -0.148. The van der Waals surface area contributed by atoms with Crippen molar-refractivity contribution < 1.29 is 19.5 Å². The highest BCUT2D eigenvalue weighted by Crippen LogP contribution is 2.33. The number of piperazine rings is 1. The number of carbonyl (C=O) groups excluding carboxylic acids is 2. The molecule has 0 aromatic rings. The molecule has 0 spiro atoms. The number of hydrogen-bond donors (Lipinski definition) is 1. The van der Waals surface area contributed by atoms with E-state index in [-0.39, 0.29) is 11.9 Å². The van der Waals surface area contributed by atoms with E-state index in [1.165, 1.54) is 9.80 Å². The molecule has 0 aromatic heterocycles. The Morgan fingerprint density at radius 3 is 2.29 bits per heavy atom. The molecule has 7 heteroatoms. The fourth-order valence-electron chi connectivity index (χ4n) is 3.19. The summed E-state index contributed by atoms with van der Waals surface area (Å²) in [6, 6.07) is -0.358. The van der Waals surface area contributed by atoms with E-state index in [0.717, 1.165) is 0 Å². The number of carboxylic acids is 1. The maximum atomic E-state index is 12.8. The molecule has 2 saturated heterocycles. The van der Waals surface area contributed by atoms with E-state index in [0.29, 0.717) is 32.5 Å². The molecule has 0 aromatic carbocycles. The maximum Gasteiger partial charge on any atom is 0.329 e. The minimum Gasteiger partial charge on any atom is -0.480 e. The molecule has 2 heterocycles. The van der Waals surface area contributed by atoms with Crippen LogP contribution in [0.3, 0.4) is 0 Å². The summed E-state index contributed by atoms with van der Waals surface area (Å²) in [6.45, 7) is 6.28. The van der Waals surface area contributed by atoms with Crippen molar-refractivity contribution in [3.05, 3.63) is 0 Å². The molecule has 2 aliphatic heterocycles. The predicted molar refractivity (Wildman–Crippen MR) is 75.8 cm³/mol. The summed E-state index contributed by atoms with van der Waals surface area (Å²) in [4.78, 5) is 41.1. The smallest absolute Gasteiger partial charge is 0.329 e. The normalized spacial score (nSPS) is 29.0. The van der Waals surface area contributed by atoms with Crippen molar-refractivity contribution in [2.45, 2.75) is 44.7 Å². The van der Waals surface area contributed by atoms with Crippen LogP contribution in [0.4, 0.5) is 4.79 Å². The lowest BCUT2D eigenvalue weighted by Crippen LogP contribution is -2.67. The highest BCUT2D eigenvalue weighted by Gasteiger charge is 2.51. The molecule has 3 amide bonds. The van der Waals surface area contributed by atoms with Crippen molar-refractivity contribution in [3.63, 3.8) is 0 Å². The van der Waals surface area contributed by atoms with Crippen molar-refractivity contribution in [2.75, 3.05) is 26.7 Å². The number of carboxylic acid groups (broad SMARTS) is 1. The average molecular weight is 297 g/mol. The zero-order valence-electron chi connectivity index (χ0n) is 13.0. The minimum absolute atomic E-state index is 0.127. The molecule has 2 fully saturated rings. The van der Waals surface area contributed by atoms with E-state index in [2.05, 4.69) is 0 Å². The second-order valence-corrected chi connectivity index (χ2v) is 6.55. The summed E-state index contributed by atoms with van der Waals surface area (Å²) in [5, 5.41) is 9.43. The second-order valence-electron chi connectivity index (χ2n) is 6.55. The van der Waals surface area contributed by atoms with Gasteiger partial charge >= 0.3 is 12.0 Å². The molecule has 0 radical (unpaired) electrons.